The van der Waals surface area contributed by atoms with E-state index in [1.165, 1.54) is 14.2 Å². The highest BCUT2D eigenvalue weighted by atomic mass is 31.2. The van der Waals surface area contributed by atoms with E-state index in [0.29, 0.717) is 27.6 Å². The summed E-state index contributed by atoms with van der Waals surface area (Å²) in [6.45, 7) is 3.56. The van der Waals surface area contributed by atoms with Crippen LogP contribution in [0.3, 0.4) is 0 Å². The van der Waals surface area contributed by atoms with Gasteiger partial charge in [-0.05, 0) is 25.0 Å². The van der Waals surface area contributed by atoms with Crippen LogP contribution >= 0.6 is 7.82 Å². The molecule has 0 saturated heterocycles. The van der Waals surface area contributed by atoms with E-state index in [-0.39, 0.29) is 5.75 Å². The van der Waals surface area contributed by atoms with Gasteiger partial charge in [0.05, 0.1) is 0 Å². The van der Waals surface area contributed by atoms with Gasteiger partial charge in [0.25, 0.3) is 0 Å². The highest BCUT2D eigenvalue weighted by molar-refractivity contribution is 7.48. The summed E-state index contributed by atoms with van der Waals surface area (Å²) in [5.74, 6) is 0.582. The number of aromatic hydroxyl groups is 1. The monoisotopic (exact) mass is 296 g/mol. The van der Waals surface area contributed by atoms with Gasteiger partial charge in [-0.1, -0.05) is 24.3 Å². The molecule has 6 heteroatoms. The van der Waals surface area contributed by atoms with Crippen LogP contribution in [0.5, 0.6) is 11.5 Å². The van der Waals surface area contributed by atoms with Gasteiger partial charge in [-0.15, -0.1) is 0 Å². The maximum absolute atomic E-state index is 12.2. The highest BCUT2D eigenvalue weighted by Gasteiger charge is 2.28. The van der Waals surface area contributed by atoms with Crippen molar-refractivity contribution in [3.8, 4) is 11.5 Å². The van der Waals surface area contributed by atoms with E-state index in [1.807, 2.05) is 12.1 Å². The number of rotatable bonds is 4. The van der Waals surface area contributed by atoms with E-state index in [1.54, 1.807) is 26.0 Å². The molecule has 0 aliphatic heterocycles. The molecule has 5 nitrogen and oxygen atoms in total. The molecule has 0 atom stereocenters. The lowest BCUT2D eigenvalue weighted by atomic mass is 10.00. The van der Waals surface area contributed by atoms with Crippen LogP contribution in [0.4, 0.5) is 0 Å². The standard InChI is InChI=1S/C14H17O5P/c1-9-10(2)14(19-20(16,17-3)18-4)12-8-6-5-7-11(12)13(9)15/h5-8,15H,1-4H3. The van der Waals surface area contributed by atoms with E-state index in [9.17, 15) is 9.67 Å². The van der Waals surface area contributed by atoms with Gasteiger partial charge in [0.15, 0.2) is 0 Å². The van der Waals surface area contributed by atoms with Crippen molar-refractivity contribution in [3.63, 3.8) is 0 Å². The zero-order valence-corrected chi connectivity index (χ0v) is 12.7. The normalized spacial score (nSPS) is 11.8. The van der Waals surface area contributed by atoms with Crippen LogP contribution < -0.4 is 4.52 Å². The largest absolute Gasteiger partial charge is 0.529 e. The van der Waals surface area contributed by atoms with Gasteiger partial charge in [-0.3, -0.25) is 9.05 Å². The molecular formula is C14H17O5P. The summed E-state index contributed by atoms with van der Waals surface area (Å²) in [5, 5.41) is 11.5. The number of fused-ring (bicyclic) bond motifs is 1. The Bertz CT molecular complexity index is 688. The SMILES string of the molecule is COP(=O)(OC)Oc1c(C)c(C)c(O)c2ccccc12. The van der Waals surface area contributed by atoms with Crippen LogP contribution in [0.25, 0.3) is 10.8 Å². The maximum atomic E-state index is 12.2. The van der Waals surface area contributed by atoms with E-state index in [0.717, 1.165) is 0 Å². The molecule has 0 unspecified atom stereocenters. The van der Waals surface area contributed by atoms with Crippen LogP contribution in [0.1, 0.15) is 11.1 Å². The molecule has 0 aromatic heterocycles. The lowest BCUT2D eigenvalue weighted by Gasteiger charge is -2.19. The predicted molar refractivity (Wildman–Crippen MR) is 77.3 cm³/mol. The molecule has 2 aromatic carbocycles. The molecule has 0 saturated carbocycles. The zero-order chi connectivity index (χ0) is 14.9. The van der Waals surface area contributed by atoms with Crippen LogP contribution in [0.2, 0.25) is 0 Å². The van der Waals surface area contributed by atoms with Crippen LogP contribution in [-0.2, 0) is 13.6 Å². The smallest absolute Gasteiger partial charge is 0.507 e. The van der Waals surface area contributed by atoms with Gasteiger partial charge in [0.2, 0.25) is 0 Å². The third kappa shape index (κ3) is 2.40. The fourth-order valence-electron chi connectivity index (χ4n) is 2.02. The summed E-state index contributed by atoms with van der Waals surface area (Å²) in [4.78, 5) is 0. The van der Waals surface area contributed by atoms with Gasteiger partial charge in [-0.2, -0.15) is 0 Å². The third-order valence-corrected chi connectivity index (χ3v) is 4.64. The van der Waals surface area contributed by atoms with Gasteiger partial charge in [0, 0.05) is 25.0 Å². The Hall–Kier alpha value is -1.55. The average Bonchev–Trinajstić information content (AvgIpc) is 2.49. The van der Waals surface area contributed by atoms with Crippen LogP contribution in [-0.4, -0.2) is 19.3 Å². The van der Waals surface area contributed by atoms with Crippen molar-refractivity contribution in [3.05, 3.63) is 35.4 Å². The maximum Gasteiger partial charge on any atom is 0.529 e. The molecule has 108 valence electrons. The summed E-state index contributed by atoms with van der Waals surface area (Å²) in [5.41, 5.74) is 1.35. The topological polar surface area (TPSA) is 65.0 Å². The second kappa shape index (κ2) is 5.44. The lowest BCUT2D eigenvalue weighted by Crippen LogP contribution is -2.00. The molecule has 0 heterocycles. The lowest BCUT2D eigenvalue weighted by molar-refractivity contribution is 0.211. The second-order valence-electron chi connectivity index (χ2n) is 4.38. The fourth-order valence-corrected chi connectivity index (χ4v) is 2.78. The first-order chi connectivity index (χ1) is 9.43. The summed E-state index contributed by atoms with van der Waals surface area (Å²) in [6, 6.07) is 7.18. The second-order valence-corrected chi connectivity index (χ2v) is 6.18. The predicted octanol–water partition coefficient (Wildman–Crippen LogP) is 3.94. The van der Waals surface area contributed by atoms with Crippen molar-refractivity contribution < 1.29 is 23.2 Å². The number of phenolic OH excluding ortho intramolecular Hbond substituents is 1. The molecular weight excluding hydrogens is 279 g/mol. The molecule has 0 amide bonds. The van der Waals surface area contributed by atoms with Gasteiger partial charge >= 0.3 is 7.82 Å². The number of hydrogen-bond acceptors (Lipinski definition) is 5. The number of phosphoric ester groups is 1. The van der Waals surface area contributed by atoms with Crippen LogP contribution in [0.15, 0.2) is 24.3 Å². The van der Waals surface area contributed by atoms with Crippen molar-refractivity contribution in [1.82, 2.24) is 0 Å². The Balaban J connectivity index is 2.73. The minimum absolute atomic E-state index is 0.190. The Labute approximate surface area is 117 Å². The zero-order valence-electron chi connectivity index (χ0n) is 11.8. The fraction of sp³-hybridized carbons (Fsp3) is 0.286. The third-order valence-electron chi connectivity index (χ3n) is 3.34. The van der Waals surface area contributed by atoms with Crippen molar-refractivity contribution in [2.24, 2.45) is 0 Å². The van der Waals surface area contributed by atoms with E-state index >= 15 is 0 Å². The molecule has 0 fully saturated rings. The molecule has 20 heavy (non-hydrogen) atoms. The minimum Gasteiger partial charge on any atom is -0.507 e. The number of hydrogen-bond donors (Lipinski definition) is 1. The Kier molecular flexibility index (Phi) is 4.04. The Morgan fingerprint density at radius 1 is 1.00 bits per heavy atom. The average molecular weight is 296 g/mol. The first-order valence-electron chi connectivity index (χ1n) is 6.05. The quantitative estimate of drug-likeness (QED) is 0.866. The summed E-state index contributed by atoms with van der Waals surface area (Å²) in [6.07, 6.45) is 0. The molecule has 0 spiro atoms. The van der Waals surface area contributed by atoms with E-state index < -0.39 is 7.82 Å². The highest BCUT2D eigenvalue weighted by Crippen LogP contribution is 2.51. The molecule has 2 rings (SSSR count). The first kappa shape index (κ1) is 14.9. The van der Waals surface area contributed by atoms with Crippen molar-refractivity contribution >= 4 is 18.6 Å². The van der Waals surface area contributed by atoms with Crippen molar-refractivity contribution in [2.45, 2.75) is 13.8 Å². The van der Waals surface area contributed by atoms with Crippen molar-refractivity contribution in [1.29, 1.82) is 0 Å². The molecule has 0 aliphatic rings. The van der Waals surface area contributed by atoms with Gasteiger partial charge in [0.1, 0.15) is 11.5 Å². The molecule has 0 aliphatic carbocycles. The molecule has 1 N–H and O–H groups in total. The Morgan fingerprint density at radius 3 is 2.10 bits per heavy atom. The van der Waals surface area contributed by atoms with Gasteiger partial charge < -0.3 is 9.63 Å². The van der Waals surface area contributed by atoms with E-state index in [2.05, 4.69) is 0 Å². The summed E-state index contributed by atoms with van der Waals surface area (Å²) in [7, 11) is -1.13. The first-order valence-corrected chi connectivity index (χ1v) is 7.51. The summed E-state index contributed by atoms with van der Waals surface area (Å²) >= 11 is 0. The van der Waals surface area contributed by atoms with Crippen LogP contribution in [0, 0.1) is 13.8 Å². The molecule has 2 aromatic rings. The number of benzene rings is 2. The summed E-state index contributed by atoms with van der Waals surface area (Å²) < 4.78 is 27.3. The van der Waals surface area contributed by atoms with E-state index in [4.69, 9.17) is 13.6 Å². The number of phosphoric acid groups is 1. The number of phenols is 1. The Morgan fingerprint density at radius 2 is 1.55 bits per heavy atom. The minimum atomic E-state index is -3.65. The van der Waals surface area contributed by atoms with Crippen molar-refractivity contribution in [2.75, 3.05) is 14.2 Å². The molecule has 0 bridgehead atoms. The molecule has 0 radical (unpaired) electrons. The van der Waals surface area contributed by atoms with Gasteiger partial charge in [-0.25, -0.2) is 4.57 Å².